The van der Waals surface area contributed by atoms with Gasteiger partial charge >= 0.3 is 0 Å². The van der Waals surface area contributed by atoms with Gasteiger partial charge in [0.15, 0.2) is 0 Å². The van der Waals surface area contributed by atoms with E-state index in [1.54, 1.807) is 6.20 Å². The lowest BCUT2D eigenvalue weighted by atomic mass is 10.1. The molecule has 0 radical (unpaired) electrons. The summed E-state index contributed by atoms with van der Waals surface area (Å²) in [5.41, 5.74) is 2.23. The highest BCUT2D eigenvalue weighted by Crippen LogP contribution is 2.18. The number of benzene rings is 1. The smallest absolute Gasteiger partial charge is 0.223 e. The van der Waals surface area contributed by atoms with Crippen molar-refractivity contribution in [3.8, 4) is 12.3 Å². The zero-order chi connectivity index (χ0) is 13.9. The van der Waals surface area contributed by atoms with Crippen molar-refractivity contribution in [2.24, 2.45) is 5.92 Å². The van der Waals surface area contributed by atoms with Gasteiger partial charge < -0.3 is 4.90 Å². The molecule has 1 aromatic carbocycles. The number of amides is 1. The van der Waals surface area contributed by atoms with Gasteiger partial charge in [0, 0.05) is 37.0 Å². The maximum absolute atomic E-state index is 11.8. The molecule has 3 rings (SSSR count). The summed E-state index contributed by atoms with van der Waals surface area (Å²) in [6.07, 6.45) is 8.54. The number of fused-ring (bicyclic) bond motifs is 1. The lowest BCUT2D eigenvalue weighted by molar-refractivity contribution is -0.127. The van der Waals surface area contributed by atoms with Gasteiger partial charge in [-0.1, -0.05) is 12.1 Å². The molecule has 1 atom stereocenters. The quantitative estimate of drug-likeness (QED) is 0.797. The Balaban J connectivity index is 1.68. The largest absolute Gasteiger partial charge is 0.341 e. The molecule has 1 fully saturated rings. The summed E-state index contributed by atoms with van der Waals surface area (Å²) in [4.78, 5) is 18.0. The van der Waals surface area contributed by atoms with Crippen molar-refractivity contribution in [3.63, 3.8) is 0 Å². The molecule has 1 aliphatic rings. The number of carbonyl (C=O) groups excluding carboxylic acids is 1. The van der Waals surface area contributed by atoms with Crippen molar-refractivity contribution in [1.29, 1.82) is 0 Å². The first-order valence-electron chi connectivity index (χ1n) is 6.84. The van der Waals surface area contributed by atoms with E-state index in [4.69, 9.17) is 6.42 Å². The molecule has 20 heavy (non-hydrogen) atoms. The first-order chi connectivity index (χ1) is 9.76. The monoisotopic (exact) mass is 264 g/mol. The molecular formula is C17H16N2O. The van der Waals surface area contributed by atoms with Gasteiger partial charge in [-0.25, -0.2) is 0 Å². The van der Waals surface area contributed by atoms with Crippen molar-refractivity contribution in [1.82, 2.24) is 9.88 Å². The molecule has 1 amide bonds. The Kier molecular flexibility index (Phi) is 3.39. The minimum absolute atomic E-state index is 0.0864. The minimum atomic E-state index is 0.0864. The summed E-state index contributed by atoms with van der Waals surface area (Å²) in [6.45, 7) is 1.44. The predicted molar refractivity (Wildman–Crippen MR) is 79.0 cm³/mol. The minimum Gasteiger partial charge on any atom is -0.341 e. The van der Waals surface area contributed by atoms with E-state index in [1.807, 2.05) is 17.0 Å². The van der Waals surface area contributed by atoms with Crippen LogP contribution in [0.4, 0.5) is 0 Å². The molecule has 0 aliphatic carbocycles. The molecule has 1 unspecified atom stereocenters. The Morgan fingerprint density at radius 3 is 3.10 bits per heavy atom. The van der Waals surface area contributed by atoms with Crippen LogP contribution < -0.4 is 0 Å². The van der Waals surface area contributed by atoms with Crippen LogP contribution in [0.25, 0.3) is 10.9 Å². The van der Waals surface area contributed by atoms with E-state index >= 15 is 0 Å². The van der Waals surface area contributed by atoms with Crippen LogP contribution in [-0.2, 0) is 11.2 Å². The maximum Gasteiger partial charge on any atom is 0.223 e. The molecule has 0 spiro atoms. The van der Waals surface area contributed by atoms with E-state index in [9.17, 15) is 4.79 Å². The SMILES string of the molecule is C#CC1CC(=O)N(CCc2ccc3ncccc3c2)C1. The molecule has 3 heteroatoms. The fourth-order valence-electron chi connectivity index (χ4n) is 2.64. The number of rotatable bonds is 3. The highest BCUT2D eigenvalue weighted by molar-refractivity contribution is 5.80. The molecule has 0 bridgehead atoms. The zero-order valence-electron chi connectivity index (χ0n) is 11.2. The van der Waals surface area contributed by atoms with Gasteiger partial charge in [-0.2, -0.15) is 0 Å². The fourth-order valence-corrected chi connectivity index (χ4v) is 2.64. The van der Waals surface area contributed by atoms with Crippen LogP contribution in [0, 0.1) is 18.3 Å². The molecule has 0 N–H and O–H groups in total. The third-order valence-electron chi connectivity index (χ3n) is 3.79. The number of aromatic nitrogens is 1. The first kappa shape index (κ1) is 12.7. The van der Waals surface area contributed by atoms with Gasteiger partial charge in [0.1, 0.15) is 0 Å². The van der Waals surface area contributed by atoms with Crippen LogP contribution in [0.5, 0.6) is 0 Å². The summed E-state index contributed by atoms with van der Waals surface area (Å²) >= 11 is 0. The second-order valence-electron chi connectivity index (χ2n) is 5.19. The normalized spacial score (nSPS) is 18.4. The van der Waals surface area contributed by atoms with Crippen molar-refractivity contribution < 1.29 is 4.79 Å². The summed E-state index contributed by atoms with van der Waals surface area (Å²) < 4.78 is 0. The van der Waals surface area contributed by atoms with E-state index in [-0.39, 0.29) is 11.8 Å². The molecule has 1 aliphatic heterocycles. The lowest BCUT2D eigenvalue weighted by Crippen LogP contribution is -2.27. The lowest BCUT2D eigenvalue weighted by Gasteiger charge is -2.15. The number of carbonyl (C=O) groups is 1. The van der Waals surface area contributed by atoms with Crippen molar-refractivity contribution >= 4 is 16.8 Å². The summed E-state index contributed by atoms with van der Waals surface area (Å²) in [7, 11) is 0. The van der Waals surface area contributed by atoms with Crippen LogP contribution in [0.3, 0.4) is 0 Å². The number of pyridine rings is 1. The predicted octanol–water partition coefficient (Wildman–Crippen LogP) is 2.26. The van der Waals surface area contributed by atoms with Crippen LogP contribution in [-0.4, -0.2) is 28.9 Å². The Bertz CT molecular complexity index is 687. The van der Waals surface area contributed by atoms with Crippen LogP contribution in [0.1, 0.15) is 12.0 Å². The summed E-state index contributed by atoms with van der Waals surface area (Å²) in [6, 6.07) is 10.2. The Morgan fingerprint density at radius 2 is 2.30 bits per heavy atom. The second-order valence-corrected chi connectivity index (χ2v) is 5.19. The second kappa shape index (κ2) is 5.34. The molecule has 0 saturated carbocycles. The van der Waals surface area contributed by atoms with Crippen LogP contribution in [0.2, 0.25) is 0 Å². The third-order valence-corrected chi connectivity index (χ3v) is 3.79. The van der Waals surface area contributed by atoms with E-state index in [2.05, 4.69) is 29.1 Å². The Morgan fingerprint density at radius 1 is 1.40 bits per heavy atom. The van der Waals surface area contributed by atoms with Gasteiger partial charge in [-0.3, -0.25) is 9.78 Å². The van der Waals surface area contributed by atoms with Crippen molar-refractivity contribution in [2.75, 3.05) is 13.1 Å². The van der Waals surface area contributed by atoms with Gasteiger partial charge in [0.25, 0.3) is 0 Å². The molecule has 2 aromatic rings. The highest BCUT2D eigenvalue weighted by Gasteiger charge is 2.27. The number of nitrogens with zero attached hydrogens (tertiary/aromatic N) is 2. The van der Waals surface area contributed by atoms with Crippen molar-refractivity contribution in [2.45, 2.75) is 12.8 Å². The summed E-state index contributed by atoms with van der Waals surface area (Å²) in [5, 5.41) is 1.14. The average Bonchev–Trinajstić information content (AvgIpc) is 2.85. The van der Waals surface area contributed by atoms with Crippen LogP contribution >= 0.6 is 0 Å². The van der Waals surface area contributed by atoms with E-state index in [0.717, 1.165) is 23.9 Å². The number of hydrogen-bond donors (Lipinski definition) is 0. The molecule has 100 valence electrons. The summed E-state index contributed by atoms with van der Waals surface area (Å²) in [5.74, 6) is 2.94. The number of terminal acetylenes is 1. The van der Waals surface area contributed by atoms with E-state index in [0.29, 0.717) is 13.0 Å². The molecule has 1 aromatic heterocycles. The number of likely N-dealkylation sites (tertiary alicyclic amines) is 1. The Labute approximate surface area is 118 Å². The standard InChI is InChI=1S/C17H16N2O/c1-2-13-11-17(20)19(12-13)9-7-14-5-6-16-15(10-14)4-3-8-18-16/h1,3-6,8,10,13H,7,9,11-12H2. The van der Waals surface area contributed by atoms with Gasteiger partial charge in [0.2, 0.25) is 5.91 Å². The van der Waals surface area contributed by atoms with E-state index < -0.39 is 0 Å². The average molecular weight is 264 g/mol. The highest BCUT2D eigenvalue weighted by atomic mass is 16.2. The van der Waals surface area contributed by atoms with Gasteiger partial charge in [-0.15, -0.1) is 12.3 Å². The van der Waals surface area contributed by atoms with Gasteiger partial charge in [0.05, 0.1) is 5.52 Å². The Hall–Kier alpha value is -2.34. The molecule has 2 heterocycles. The molecular weight excluding hydrogens is 248 g/mol. The third kappa shape index (κ3) is 2.50. The number of hydrogen-bond acceptors (Lipinski definition) is 2. The fraction of sp³-hybridized carbons (Fsp3) is 0.294. The van der Waals surface area contributed by atoms with E-state index in [1.165, 1.54) is 5.56 Å². The molecule has 3 nitrogen and oxygen atoms in total. The van der Waals surface area contributed by atoms with Crippen LogP contribution in [0.15, 0.2) is 36.5 Å². The molecule has 1 saturated heterocycles. The van der Waals surface area contributed by atoms with Crippen molar-refractivity contribution in [3.05, 3.63) is 42.1 Å². The maximum atomic E-state index is 11.8. The first-order valence-corrected chi connectivity index (χ1v) is 6.84. The zero-order valence-corrected chi connectivity index (χ0v) is 11.2. The topological polar surface area (TPSA) is 33.2 Å². The van der Waals surface area contributed by atoms with Gasteiger partial charge in [-0.05, 0) is 30.2 Å².